The van der Waals surface area contributed by atoms with Crippen molar-refractivity contribution >= 4 is 23.2 Å². The third kappa shape index (κ3) is 2.87. The van der Waals surface area contributed by atoms with E-state index >= 15 is 0 Å². The van der Waals surface area contributed by atoms with Gasteiger partial charge < -0.3 is 0 Å². The van der Waals surface area contributed by atoms with Gasteiger partial charge in [-0.05, 0) is 29.2 Å². The van der Waals surface area contributed by atoms with Gasteiger partial charge in [-0.25, -0.2) is 0 Å². The predicted octanol–water partition coefficient (Wildman–Crippen LogP) is 3.84. The van der Waals surface area contributed by atoms with E-state index < -0.39 is 0 Å². The zero-order valence-electron chi connectivity index (χ0n) is 9.06. The smallest absolute Gasteiger partial charge is 0.0424 e. The number of benzene rings is 1. The molecule has 1 heterocycles. The molecule has 1 aliphatic rings. The molecule has 0 atom stereocenters. The van der Waals surface area contributed by atoms with E-state index in [4.69, 9.17) is 23.2 Å². The Morgan fingerprint density at radius 3 is 2.13 bits per heavy atom. The summed E-state index contributed by atoms with van der Waals surface area (Å²) in [5, 5.41) is 1.44. The molecule has 0 bridgehead atoms. The summed E-state index contributed by atoms with van der Waals surface area (Å²) in [4.78, 5) is 2.40. The summed E-state index contributed by atoms with van der Waals surface area (Å²) in [6.45, 7) is 7.82. The molecule has 0 radical (unpaired) electrons. The highest BCUT2D eigenvalue weighted by Gasteiger charge is 2.33. The Bertz CT molecular complexity index is 346. The lowest BCUT2D eigenvalue weighted by atomic mass is 9.84. The number of nitrogens with zero attached hydrogens (tertiary/aromatic N) is 1. The van der Waals surface area contributed by atoms with Crippen molar-refractivity contribution in [2.45, 2.75) is 20.4 Å². The van der Waals surface area contributed by atoms with Crippen LogP contribution in [0.25, 0.3) is 0 Å². The zero-order valence-corrected chi connectivity index (χ0v) is 10.6. The molecule has 0 saturated carbocycles. The van der Waals surface area contributed by atoms with E-state index in [1.165, 1.54) is 5.56 Å². The molecule has 0 N–H and O–H groups in total. The van der Waals surface area contributed by atoms with Crippen LogP contribution >= 0.6 is 23.2 Å². The van der Waals surface area contributed by atoms with E-state index in [2.05, 4.69) is 18.7 Å². The molecule has 1 aromatic rings. The van der Waals surface area contributed by atoms with Gasteiger partial charge in [0.2, 0.25) is 0 Å². The van der Waals surface area contributed by atoms with E-state index in [-0.39, 0.29) is 0 Å². The van der Waals surface area contributed by atoms with E-state index in [1.54, 1.807) is 6.07 Å². The van der Waals surface area contributed by atoms with Crippen molar-refractivity contribution in [3.05, 3.63) is 33.8 Å². The lowest BCUT2D eigenvalue weighted by molar-refractivity contribution is 0.0242. The Kier molecular flexibility index (Phi) is 2.98. The van der Waals surface area contributed by atoms with Gasteiger partial charge in [-0.15, -0.1) is 0 Å². The molecule has 1 aromatic carbocycles. The van der Waals surface area contributed by atoms with Crippen LogP contribution in [0.5, 0.6) is 0 Å². The summed E-state index contributed by atoms with van der Waals surface area (Å²) in [5.74, 6) is 0. The molecule has 0 spiro atoms. The standard InChI is InChI=1S/C12H15Cl2N/c1-12(2)7-15(8-12)6-9-3-10(13)5-11(14)4-9/h3-5H,6-8H2,1-2H3. The second kappa shape index (κ2) is 3.97. The number of hydrogen-bond acceptors (Lipinski definition) is 1. The van der Waals surface area contributed by atoms with Crippen LogP contribution in [-0.4, -0.2) is 18.0 Å². The molecular weight excluding hydrogens is 229 g/mol. The molecule has 0 unspecified atom stereocenters. The molecule has 0 aliphatic carbocycles. The van der Waals surface area contributed by atoms with Gasteiger partial charge in [0, 0.05) is 29.7 Å². The van der Waals surface area contributed by atoms with Crippen molar-refractivity contribution in [2.75, 3.05) is 13.1 Å². The van der Waals surface area contributed by atoms with E-state index in [9.17, 15) is 0 Å². The van der Waals surface area contributed by atoms with Crippen LogP contribution in [-0.2, 0) is 6.54 Å². The SMILES string of the molecule is CC1(C)CN(Cc2cc(Cl)cc(Cl)c2)C1. The second-order valence-electron chi connectivity index (χ2n) is 5.09. The third-order valence-corrected chi connectivity index (χ3v) is 3.07. The van der Waals surface area contributed by atoms with Crippen LogP contribution < -0.4 is 0 Å². The maximum Gasteiger partial charge on any atom is 0.0424 e. The average molecular weight is 244 g/mol. The van der Waals surface area contributed by atoms with Gasteiger partial charge in [-0.1, -0.05) is 37.0 Å². The minimum Gasteiger partial charge on any atom is -0.298 e. The molecule has 82 valence electrons. The molecule has 15 heavy (non-hydrogen) atoms. The summed E-state index contributed by atoms with van der Waals surface area (Å²) >= 11 is 11.9. The summed E-state index contributed by atoms with van der Waals surface area (Å²) < 4.78 is 0. The average Bonchev–Trinajstić information content (AvgIpc) is 1.97. The van der Waals surface area contributed by atoms with Crippen molar-refractivity contribution in [2.24, 2.45) is 5.41 Å². The first kappa shape index (κ1) is 11.3. The van der Waals surface area contributed by atoms with Crippen molar-refractivity contribution in [3.63, 3.8) is 0 Å². The van der Waals surface area contributed by atoms with Crippen LogP contribution in [0.2, 0.25) is 10.0 Å². The predicted molar refractivity (Wildman–Crippen MR) is 65.5 cm³/mol. The van der Waals surface area contributed by atoms with Gasteiger partial charge in [0.25, 0.3) is 0 Å². The Labute approximate surface area is 101 Å². The first-order chi connectivity index (χ1) is 6.94. The molecule has 1 saturated heterocycles. The largest absolute Gasteiger partial charge is 0.298 e. The fraction of sp³-hybridized carbons (Fsp3) is 0.500. The highest BCUT2D eigenvalue weighted by atomic mass is 35.5. The number of halogens is 2. The van der Waals surface area contributed by atoms with Crippen molar-refractivity contribution in [1.29, 1.82) is 0 Å². The van der Waals surface area contributed by atoms with Crippen molar-refractivity contribution in [1.82, 2.24) is 4.90 Å². The molecule has 2 rings (SSSR count). The quantitative estimate of drug-likeness (QED) is 0.764. The van der Waals surface area contributed by atoms with Crippen molar-refractivity contribution < 1.29 is 0 Å². The van der Waals surface area contributed by atoms with Crippen LogP contribution in [0.4, 0.5) is 0 Å². The minimum atomic E-state index is 0.475. The van der Waals surface area contributed by atoms with Gasteiger partial charge in [0.1, 0.15) is 0 Å². The summed E-state index contributed by atoms with van der Waals surface area (Å²) in [7, 11) is 0. The first-order valence-electron chi connectivity index (χ1n) is 5.12. The first-order valence-corrected chi connectivity index (χ1v) is 5.88. The number of rotatable bonds is 2. The van der Waals surface area contributed by atoms with Gasteiger partial charge >= 0.3 is 0 Å². The van der Waals surface area contributed by atoms with Gasteiger partial charge in [0.05, 0.1) is 0 Å². The maximum absolute atomic E-state index is 5.95. The topological polar surface area (TPSA) is 3.24 Å². The lowest BCUT2D eigenvalue weighted by Gasteiger charge is -2.46. The monoisotopic (exact) mass is 243 g/mol. The summed E-state index contributed by atoms with van der Waals surface area (Å²) in [5.41, 5.74) is 1.67. The molecule has 1 fully saturated rings. The Morgan fingerprint density at radius 2 is 1.67 bits per heavy atom. The van der Waals surface area contributed by atoms with Crippen LogP contribution in [0.3, 0.4) is 0 Å². The number of likely N-dealkylation sites (tertiary alicyclic amines) is 1. The van der Waals surface area contributed by atoms with Crippen LogP contribution in [0, 0.1) is 5.41 Å². The van der Waals surface area contributed by atoms with E-state index in [0.717, 1.165) is 29.7 Å². The second-order valence-corrected chi connectivity index (χ2v) is 5.96. The molecule has 0 aromatic heterocycles. The van der Waals surface area contributed by atoms with E-state index in [0.29, 0.717) is 5.41 Å². The fourth-order valence-electron chi connectivity index (χ4n) is 2.24. The normalized spacial score (nSPS) is 20.0. The highest BCUT2D eigenvalue weighted by molar-refractivity contribution is 6.34. The van der Waals surface area contributed by atoms with Crippen LogP contribution in [0.1, 0.15) is 19.4 Å². The van der Waals surface area contributed by atoms with Crippen LogP contribution in [0.15, 0.2) is 18.2 Å². The number of hydrogen-bond donors (Lipinski definition) is 0. The summed E-state index contributed by atoms with van der Waals surface area (Å²) in [6.07, 6.45) is 0. The maximum atomic E-state index is 5.95. The van der Waals surface area contributed by atoms with Crippen molar-refractivity contribution in [3.8, 4) is 0 Å². The van der Waals surface area contributed by atoms with Gasteiger partial charge in [-0.2, -0.15) is 0 Å². The van der Waals surface area contributed by atoms with Gasteiger partial charge in [0.15, 0.2) is 0 Å². The fourth-order valence-corrected chi connectivity index (χ4v) is 2.81. The molecule has 1 aliphatic heterocycles. The highest BCUT2D eigenvalue weighted by Crippen LogP contribution is 2.30. The Morgan fingerprint density at radius 1 is 1.13 bits per heavy atom. The molecule has 1 nitrogen and oxygen atoms in total. The molecule has 0 amide bonds. The van der Waals surface area contributed by atoms with E-state index in [1.807, 2.05) is 12.1 Å². The minimum absolute atomic E-state index is 0.475. The molecular formula is C12H15Cl2N. The third-order valence-electron chi connectivity index (χ3n) is 2.63. The zero-order chi connectivity index (χ0) is 11.1. The molecule has 3 heteroatoms. The Balaban J connectivity index is 2.00. The summed E-state index contributed by atoms with van der Waals surface area (Å²) in [6, 6.07) is 5.74. The lowest BCUT2D eigenvalue weighted by Crippen LogP contribution is -2.52. The Hall–Kier alpha value is -0.240. The van der Waals surface area contributed by atoms with Gasteiger partial charge in [-0.3, -0.25) is 4.90 Å².